The van der Waals surface area contributed by atoms with Gasteiger partial charge < -0.3 is 10.2 Å². The predicted molar refractivity (Wildman–Crippen MR) is 74.3 cm³/mol. The van der Waals surface area contributed by atoms with Crippen LogP contribution in [0.4, 0.5) is 4.79 Å². The van der Waals surface area contributed by atoms with E-state index in [1.807, 2.05) is 25.2 Å². The van der Waals surface area contributed by atoms with Crippen LogP contribution in [-0.2, 0) is 0 Å². The molecule has 1 atom stereocenters. The fourth-order valence-corrected chi connectivity index (χ4v) is 2.16. The van der Waals surface area contributed by atoms with Gasteiger partial charge in [0.05, 0.1) is 6.04 Å². The van der Waals surface area contributed by atoms with Gasteiger partial charge in [-0.15, -0.1) is 0 Å². The number of urea groups is 1. The lowest BCUT2D eigenvalue weighted by atomic mass is 9.91. The van der Waals surface area contributed by atoms with E-state index in [1.54, 1.807) is 4.90 Å². The van der Waals surface area contributed by atoms with Crippen molar-refractivity contribution in [2.24, 2.45) is 0 Å². The summed E-state index contributed by atoms with van der Waals surface area (Å²) >= 11 is 0. The molecule has 3 heteroatoms. The molecular formula is C15H20N2O. The van der Waals surface area contributed by atoms with Gasteiger partial charge in [-0.25, -0.2) is 4.79 Å². The van der Waals surface area contributed by atoms with E-state index < -0.39 is 0 Å². The first-order chi connectivity index (χ1) is 8.49. The largest absolute Gasteiger partial charge is 0.332 e. The zero-order chi connectivity index (χ0) is 13.2. The molecule has 2 rings (SSSR count). The van der Waals surface area contributed by atoms with Gasteiger partial charge in [-0.3, -0.25) is 0 Å². The second kappa shape index (κ2) is 4.84. The Bertz CT molecular complexity index is 451. The van der Waals surface area contributed by atoms with Gasteiger partial charge in [0.2, 0.25) is 0 Å². The Morgan fingerprint density at radius 1 is 1.33 bits per heavy atom. The average Bonchev–Trinajstić information content (AvgIpc) is 2.34. The number of nitrogens with zero attached hydrogens (tertiary/aromatic N) is 1. The molecular weight excluding hydrogens is 224 g/mol. The minimum absolute atomic E-state index is 0.00559. The van der Waals surface area contributed by atoms with Crippen molar-refractivity contribution >= 4 is 12.1 Å². The molecule has 1 aromatic carbocycles. The molecule has 0 spiro atoms. The SMILES string of the molecule is CN1C(=O)NC(C=Cc2ccccc2)CC1(C)C. The molecule has 0 bridgehead atoms. The van der Waals surface area contributed by atoms with Crippen LogP contribution in [0.15, 0.2) is 36.4 Å². The number of hydrogen-bond donors (Lipinski definition) is 1. The molecule has 1 N–H and O–H groups in total. The number of amides is 2. The van der Waals surface area contributed by atoms with E-state index in [0.29, 0.717) is 0 Å². The summed E-state index contributed by atoms with van der Waals surface area (Å²) in [5.41, 5.74) is 1.05. The van der Waals surface area contributed by atoms with Crippen LogP contribution in [0.3, 0.4) is 0 Å². The Labute approximate surface area is 108 Å². The summed E-state index contributed by atoms with van der Waals surface area (Å²) in [4.78, 5) is 13.6. The Morgan fingerprint density at radius 2 is 2.00 bits per heavy atom. The van der Waals surface area contributed by atoms with Crippen LogP contribution in [0.2, 0.25) is 0 Å². The first kappa shape index (κ1) is 12.7. The van der Waals surface area contributed by atoms with E-state index in [-0.39, 0.29) is 17.6 Å². The molecule has 1 unspecified atom stereocenters. The van der Waals surface area contributed by atoms with Crippen molar-refractivity contribution in [2.75, 3.05) is 7.05 Å². The van der Waals surface area contributed by atoms with Crippen molar-refractivity contribution in [3.63, 3.8) is 0 Å². The third kappa shape index (κ3) is 2.73. The molecule has 1 aliphatic heterocycles. The highest BCUT2D eigenvalue weighted by atomic mass is 16.2. The average molecular weight is 244 g/mol. The summed E-state index contributed by atoms with van der Waals surface area (Å²) < 4.78 is 0. The Balaban J connectivity index is 2.07. The van der Waals surface area contributed by atoms with E-state index in [2.05, 4.69) is 43.4 Å². The van der Waals surface area contributed by atoms with Crippen molar-refractivity contribution < 1.29 is 4.79 Å². The highest BCUT2D eigenvalue weighted by Crippen LogP contribution is 2.24. The lowest BCUT2D eigenvalue weighted by Gasteiger charge is -2.43. The monoisotopic (exact) mass is 244 g/mol. The number of nitrogens with one attached hydrogen (secondary N) is 1. The summed E-state index contributed by atoms with van der Waals surface area (Å²) in [7, 11) is 1.84. The van der Waals surface area contributed by atoms with Gasteiger partial charge in [0, 0.05) is 12.6 Å². The van der Waals surface area contributed by atoms with Crippen molar-refractivity contribution in [3.8, 4) is 0 Å². The Hall–Kier alpha value is -1.77. The first-order valence-electron chi connectivity index (χ1n) is 6.27. The van der Waals surface area contributed by atoms with Crippen LogP contribution >= 0.6 is 0 Å². The van der Waals surface area contributed by atoms with Crippen LogP contribution in [0.5, 0.6) is 0 Å². The summed E-state index contributed by atoms with van der Waals surface area (Å²) in [6.07, 6.45) is 5.05. The van der Waals surface area contributed by atoms with Gasteiger partial charge in [0.25, 0.3) is 0 Å². The van der Waals surface area contributed by atoms with E-state index >= 15 is 0 Å². The standard InChI is InChI=1S/C15H20N2O/c1-15(2)11-13(16-14(18)17(15)3)10-9-12-7-5-4-6-8-12/h4-10,13H,11H2,1-3H3,(H,16,18). The van der Waals surface area contributed by atoms with Gasteiger partial charge in [0.1, 0.15) is 0 Å². The van der Waals surface area contributed by atoms with Gasteiger partial charge in [-0.05, 0) is 25.8 Å². The Morgan fingerprint density at radius 3 is 2.61 bits per heavy atom. The van der Waals surface area contributed by atoms with E-state index in [1.165, 1.54) is 0 Å². The van der Waals surface area contributed by atoms with Crippen molar-refractivity contribution in [1.82, 2.24) is 10.2 Å². The molecule has 0 radical (unpaired) electrons. The van der Waals surface area contributed by atoms with Gasteiger partial charge in [-0.1, -0.05) is 42.5 Å². The maximum Gasteiger partial charge on any atom is 0.318 e. The molecule has 0 aromatic heterocycles. The van der Waals surface area contributed by atoms with Gasteiger partial charge in [0.15, 0.2) is 0 Å². The summed E-state index contributed by atoms with van der Waals surface area (Å²) in [6, 6.07) is 10.2. The van der Waals surface area contributed by atoms with Crippen LogP contribution in [-0.4, -0.2) is 29.6 Å². The summed E-state index contributed by atoms with van der Waals surface area (Å²) in [5, 5.41) is 2.99. The Kier molecular flexibility index (Phi) is 3.41. The highest BCUT2D eigenvalue weighted by molar-refractivity contribution is 5.76. The molecule has 1 heterocycles. The smallest absolute Gasteiger partial charge is 0.318 e. The number of hydrogen-bond acceptors (Lipinski definition) is 1. The second-order valence-corrected chi connectivity index (χ2v) is 5.40. The van der Waals surface area contributed by atoms with Crippen molar-refractivity contribution in [2.45, 2.75) is 31.8 Å². The van der Waals surface area contributed by atoms with E-state index in [4.69, 9.17) is 0 Å². The zero-order valence-corrected chi connectivity index (χ0v) is 11.2. The molecule has 2 amide bonds. The van der Waals surface area contributed by atoms with E-state index in [0.717, 1.165) is 12.0 Å². The molecule has 18 heavy (non-hydrogen) atoms. The molecule has 1 saturated heterocycles. The number of carbonyl (C=O) groups is 1. The third-order valence-corrected chi connectivity index (χ3v) is 3.56. The fraction of sp³-hybridized carbons (Fsp3) is 0.400. The van der Waals surface area contributed by atoms with E-state index in [9.17, 15) is 4.79 Å². The lowest BCUT2D eigenvalue weighted by molar-refractivity contribution is 0.120. The predicted octanol–water partition coefficient (Wildman–Crippen LogP) is 2.89. The molecule has 0 saturated carbocycles. The number of benzene rings is 1. The van der Waals surface area contributed by atoms with Crippen molar-refractivity contribution in [1.29, 1.82) is 0 Å². The topological polar surface area (TPSA) is 32.3 Å². The number of rotatable bonds is 2. The van der Waals surface area contributed by atoms with Crippen LogP contribution in [0.25, 0.3) is 6.08 Å². The molecule has 96 valence electrons. The quantitative estimate of drug-likeness (QED) is 0.852. The fourth-order valence-electron chi connectivity index (χ4n) is 2.16. The molecule has 0 aliphatic carbocycles. The van der Waals surface area contributed by atoms with Crippen LogP contribution in [0.1, 0.15) is 25.8 Å². The third-order valence-electron chi connectivity index (χ3n) is 3.56. The van der Waals surface area contributed by atoms with Crippen molar-refractivity contribution in [3.05, 3.63) is 42.0 Å². The first-order valence-corrected chi connectivity index (χ1v) is 6.27. The minimum Gasteiger partial charge on any atom is -0.332 e. The molecule has 1 aliphatic rings. The molecule has 1 fully saturated rings. The summed E-state index contributed by atoms with van der Waals surface area (Å²) in [6.45, 7) is 4.18. The zero-order valence-electron chi connectivity index (χ0n) is 11.2. The molecule has 1 aromatic rings. The molecule has 3 nitrogen and oxygen atoms in total. The lowest BCUT2D eigenvalue weighted by Crippen LogP contribution is -2.59. The number of carbonyl (C=O) groups excluding carboxylic acids is 1. The maximum absolute atomic E-state index is 11.8. The second-order valence-electron chi connectivity index (χ2n) is 5.40. The highest BCUT2D eigenvalue weighted by Gasteiger charge is 2.35. The van der Waals surface area contributed by atoms with Crippen LogP contribution < -0.4 is 5.32 Å². The maximum atomic E-state index is 11.8. The van der Waals surface area contributed by atoms with Crippen LogP contribution in [0, 0.1) is 0 Å². The summed E-state index contributed by atoms with van der Waals surface area (Å²) in [5.74, 6) is 0. The van der Waals surface area contributed by atoms with Gasteiger partial charge >= 0.3 is 6.03 Å². The normalized spacial score (nSPS) is 23.2. The minimum atomic E-state index is -0.103. The van der Waals surface area contributed by atoms with Gasteiger partial charge in [-0.2, -0.15) is 0 Å².